The molecule has 0 atom stereocenters. The fourth-order valence-corrected chi connectivity index (χ4v) is 2.35. The van der Waals surface area contributed by atoms with E-state index in [2.05, 4.69) is 44.0 Å². The van der Waals surface area contributed by atoms with Gasteiger partial charge < -0.3 is 10.7 Å². The number of aromatic nitrogens is 1. The molecule has 2 heteroatoms. The number of H-pyrrole nitrogens is 1. The first kappa shape index (κ1) is 12.2. The fourth-order valence-electron chi connectivity index (χ4n) is 2.35. The maximum absolute atomic E-state index is 6.19. The fraction of sp³-hybridized carbons (Fsp3) is 0.467. The monoisotopic (exact) mass is 230 g/mol. The van der Waals surface area contributed by atoms with Crippen molar-refractivity contribution in [3.05, 3.63) is 35.0 Å². The molecule has 0 fully saturated rings. The average Bonchev–Trinajstić information content (AvgIpc) is 2.55. The predicted octanol–water partition coefficient (Wildman–Crippen LogP) is 3.79. The van der Waals surface area contributed by atoms with Gasteiger partial charge >= 0.3 is 0 Å². The number of rotatable bonds is 2. The normalized spacial score (nSPS) is 12.6. The van der Waals surface area contributed by atoms with Crippen molar-refractivity contribution >= 4 is 10.9 Å². The lowest BCUT2D eigenvalue weighted by molar-refractivity contribution is 0.536. The zero-order valence-electron chi connectivity index (χ0n) is 11.4. The maximum Gasteiger partial charge on any atom is 0.0507 e. The zero-order chi connectivity index (χ0) is 12.8. The highest BCUT2D eigenvalue weighted by molar-refractivity contribution is 5.85. The Morgan fingerprint density at radius 1 is 1.24 bits per heavy atom. The molecule has 1 heterocycles. The summed E-state index contributed by atoms with van der Waals surface area (Å²) in [4.78, 5) is 3.44. The zero-order valence-corrected chi connectivity index (χ0v) is 11.4. The molecule has 0 saturated heterocycles. The summed E-state index contributed by atoms with van der Waals surface area (Å²) >= 11 is 0. The lowest BCUT2D eigenvalue weighted by Gasteiger charge is -2.18. The van der Waals surface area contributed by atoms with Gasteiger partial charge in [-0.1, -0.05) is 19.9 Å². The van der Waals surface area contributed by atoms with Crippen LogP contribution in [0.1, 0.15) is 50.4 Å². The Hall–Kier alpha value is -1.28. The molecule has 0 aliphatic heterocycles. The number of aromatic amines is 1. The maximum atomic E-state index is 6.19. The van der Waals surface area contributed by atoms with Gasteiger partial charge in [-0.25, -0.2) is 0 Å². The molecule has 2 aromatic rings. The van der Waals surface area contributed by atoms with Crippen LogP contribution in [0.5, 0.6) is 0 Å². The SMILES string of the molecule is Cc1c(C(C)(C)N)[nH]c2ccc(C(C)C)cc12. The molecule has 92 valence electrons. The largest absolute Gasteiger partial charge is 0.357 e. The summed E-state index contributed by atoms with van der Waals surface area (Å²) in [6.07, 6.45) is 0. The molecule has 0 aliphatic carbocycles. The summed E-state index contributed by atoms with van der Waals surface area (Å²) in [5, 5.41) is 1.30. The van der Waals surface area contributed by atoms with Crippen LogP contribution < -0.4 is 5.73 Å². The van der Waals surface area contributed by atoms with E-state index in [1.54, 1.807) is 0 Å². The van der Waals surface area contributed by atoms with Gasteiger partial charge in [-0.15, -0.1) is 0 Å². The molecule has 2 nitrogen and oxygen atoms in total. The van der Waals surface area contributed by atoms with E-state index in [1.807, 2.05) is 13.8 Å². The predicted molar refractivity (Wildman–Crippen MR) is 74.3 cm³/mol. The van der Waals surface area contributed by atoms with Gasteiger partial charge in [-0.05, 0) is 49.9 Å². The molecule has 0 radical (unpaired) electrons. The third-order valence-corrected chi connectivity index (χ3v) is 3.39. The topological polar surface area (TPSA) is 41.8 Å². The highest BCUT2D eigenvalue weighted by Gasteiger charge is 2.20. The molecular formula is C15H22N2. The standard InChI is InChI=1S/C15H22N2/c1-9(2)11-6-7-13-12(8-11)10(3)14(17-13)15(4,5)16/h6-9,17H,16H2,1-5H3. The van der Waals surface area contributed by atoms with Gasteiger partial charge in [0.25, 0.3) is 0 Å². The van der Waals surface area contributed by atoms with Crippen molar-refractivity contribution in [2.45, 2.75) is 46.1 Å². The second kappa shape index (κ2) is 3.88. The van der Waals surface area contributed by atoms with Gasteiger partial charge in [-0.3, -0.25) is 0 Å². The van der Waals surface area contributed by atoms with E-state index in [-0.39, 0.29) is 5.54 Å². The van der Waals surface area contributed by atoms with Gasteiger partial charge in [-0.2, -0.15) is 0 Å². The summed E-state index contributed by atoms with van der Waals surface area (Å²) in [6, 6.07) is 6.63. The number of fused-ring (bicyclic) bond motifs is 1. The Morgan fingerprint density at radius 2 is 1.88 bits per heavy atom. The van der Waals surface area contributed by atoms with Crippen LogP contribution in [-0.4, -0.2) is 4.98 Å². The van der Waals surface area contributed by atoms with Crippen LogP contribution in [0.2, 0.25) is 0 Å². The molecule has 1 aromatic heterocycles. The van der Waals surface area contributed by atoms with Crippen molar-refractivity contribution in [2.24, 2.45) is 5.73 Å². The Kier molecular flexibility index (Phi) is 2.78. The number of benzene rings is 1. The molecule has 0 saturated carbocycles. The van der Waals surface area contributed by atoms with E-state index in [9.17, 15) is 0 Å². The van der Waals surface area contributed by atoms with Crippen LogP contribution in [0.15, 0.2) is 18.2 Å². The average molecular weight is 230 g/mol. The summed E-state index contributed by atoms with van der Waals surface area (Å²) < 4.78 is 0. The van der Waals surface area contributed by atoms with Crippen LogP contribution >= 0.6 is 0 Å². The molecule has 0 bridgehead atoms. The number of hydrogen-bond donors (Lipinski definition) is 2. The highest BCUT2D eigenvalue weighted by atomic mass is 14.8. The van der Waals surface area contributed by atoms with Gasteiger partial charge in [0.15, 0.2) is 0 Å². The van der Waals surface area contributed by atoms with Crippen LogP contribution in [0.3, 0.4) is 0 Å². The first-order valence-electron chi connectivity index (χ1n) is 6.22. The molecule has 0 aliphatic rings. The van der Waals surface area contributed by atoms with Gasteiger partial charge in [0, 0.05) is 16.6 Å². The number of nitrogens with two attached hydrogens (primary N) is 1. The molecular weight excluding hydrogens is 208 g/mol. The molecule has 0 amide bonds. The van der Waals surface area contributed by atoms with Gasteiger partial charge in [0.2, 0.25) is 0 Å². The first-order chi connectivity index (χ1) is 7.80. The van der Waals surface area contributed by atoms with Crippen LogP contribution in [0.25, 0.3) is 10.9 Å². The summed E-state index contributed by atoms with van der Waals surface area (Å²) in [7, 11) is 0. The van der Waals surface area contributed by atoms with Gasteiger partial charge in [0.1, 0.15) is 0 Å². The molecule has 17 heavy (non-hydrogen) atoms. The second-order valence-electron chi connectivity index (χ2n) is 5.81. The summed E-state index contributed by atoms with van der Waals surface area (Å²) in [5.74, 6) is 0.558. The summed E-state index contributed by atoms with van der Waals surface area (Å²) in [6.45, 7) is 10.7. The van der Waals surface area contributed by atoms with E-state index in [1.165, 1.54) is 22.0 Å². The van der Waals surface area contributed by atoms with Crippen molar-refractivity contribution < 1.29 is 0 Å². The third-order valence-electron chi connectivity index (χ3n) is 3.39. The van der Waals surface area contributed by atoms with E-state index in [0.717, 1.165) is 5.69 Å². The lowest BCUT2D eigenvalue weighted by atomic mass is 9.96. The van der Waals surface area contributed by atoms with E-state index < -0.39 is 0 Å². The van der Waals surface area contributed by atoms with E-state index in [0.29, 0.717) is 5.92 Å². The van der Waals surface area contributed by atoms with Gasteiger partial charge in [0.05, 0.1) is 5.54 Å². The minimum atomic E-state index is -0.318. The van der Waals surface area contributed by atoms with Crippen LogP contribution in [-0.2, 0) is 5.54 Å². The Balaban J connectivity index is 2.67. The van der Waals surface area contributed by atoms with Crippen molar-refractivity contribution in [1.82, 2.24) is 4.98 Å². The first-order valence-corrected chi connectivity index (χ1v) is 6.22. The van der Waals surface area contributed by atoms with Crippen LogP contribution in [0, 0.1) is 6.92 Å². The molecule has 1 aromatic carbocycles. The molecule has 0 spiro atoms. The number of nitrogens with one attached hydrogen (secondary N) is 1. The lowest BCUT2D eigenvalue weighted by Crippen LogP contribution is -2.29. The Labute approximate surface area is 103 Å². The number of hydrogen-bond acceptors (Lipinski definition) is 1. The van der Waals surface area contributed by atoms with Crippen molar-refractivity contribution in [1.29, 1.82) is 0 Å². The molecule has 0 unspecified atom stereocenters. The quantitative estimate of drug-likeness (QED) is 0.809. The second-order valence-corrected chi connectivity index (χ2v) is 5.81. The smallest absolute Gasteiger partial charge is 0.0507 e. The van der Waals surface area contributed by atoms with Crippen molar-refractivity contribution in [3.63, 3.8) is 0 Å². The molecule has 2 rings (SSSR count). The minimum Gasteiger partial charge on any atom is -0.357 e. The Morgan fingerprint density at radius 3 is 2.41 bits per heavy atom. The highest BCUT2D eigenvalue weighted by Crippen LogP contribution is 2.30. The van der Waals surface area contributed by atoms with Crippen molar-refractivity contribution in [2.75, 3.05) is 0 Å². The van der Waals surface area contributed by atoms with E-state index >= 15 is 0 Å². The molecule has 3 N–H and O–H groups in total. The van der Waals surface area contributed by atoms with Crippen LogP contribution in [0.4, 0.5) is 0 Å². The summed E-state index contributed by atoms with van der Waals surface area (Å²) in [5.41, 5.74) is 10.8. The minimum absolute atomic E-state index is 0.318. The number of aryl methyl sites for hydroxylation is 1. The van der Waals surface area contributed by atoms with E-state index in [4.69, 9.17) is 5.73 Å². The van der Waals surface area contributed by atoms with Crippen molar-refractivity contribution in [3.8, 4) is 0 Å². The Bertz CT molecular complexity index is 542. The third kappa shape index (κ3) is 2.09.